The predicted octanol–water partition coefficient (Wildman–Crippen LogP) is 2.27. The van der Waals surface area contributed by atoms with E-state index in [0.717, 1.165) is 12.0 Å². The largest absolute Gasteiger partial charge is 0.398 e. The van der Waals surface area contributed by atoms with Crippen LogP contribution in [0.3, 0.4) is 0 Å². The van der Waals surface area contributed by atoms with Gasteiger partial charge in [-0.1, -0.05) is 17.7 Å². The van der Waals surface area contributed by atoms with Crippen molar-refractivity contribution >= 4 is 42.1 Å². The van der Waals surface area contributed by atoms with E-state index in [9.17, 15) is 0 Å². The molecular weight excluding hydrogens is 230 g/mol. The molecular formula is C8H13Cl3N2. The van der Waals surface area contributed by atoms with Gasteiger partial charge in [-0.3, -0.25) is 0 Å². The molecule has 0 aliphatic rings. The molecule has 0 aromatic heterocycles. The van der Waals surface area contributed by atoms with Gasteiger partial charge in [-0.25, -0.2) is 0 Å². The Labute approximate surface area is 95.5 Å². The Morgan fingerprint density at radius 1 is 1.23 bits per heavy atom. The fourth-order valence-corrected chi connectivity index (χ4v) is 1.10. The van der Waals surface area contributed by atoms with Crippen molar-refractivity contribution in [2.45, 2.75) is 6.42 Å². The summed E-state index contributed by atoms with van der Waals surface area (Å²) in [5.41, 5.74) is 12.6. The molecule has 13 heavy (non-hydrogen) atoms. The van der Waals surface area contributed by atoms with E-state index in [1.54, 1.807) is 6.07 Å². The van der Waals surface area contributed by atoms with Gasteiger partial charge < -0.3 is 11.5 Å². The van der Waals surface area contributed by atoms with Gasteiger partial charge in [0, 0.05) is 0 Å². The maximum atomic E-state index is 5.78. The summed E-state index contributed by atoms with van der Waals surface area (Å²) in [5, 5.41) is 0.607. The molecule has 2 nitrogen and oxygen atoms in total. The van der Waals surface area contributed by atoms with E-state index < -0.39 is 0 Å². The number of rotatable bonds is 2. The minimum Gasteiger partial charge on any atom is -0.398 e. The van der Waals surface area contributed by atoms with Gasteiger partial charge in [-0.05, 0) is 30.7 Å². The Hall–Kier alpha value is -0.150. The van der Waals surface area contributed by atoms with Gasteiger partial charge in [0.05, 0.1) is 10.7 Å². The van der Waals surface area contributed by atoms with Crippen molar-refractivity contribution in [3.05, 3.63) is 28.8 Å². The van der Waals surface area contributed by atoms with Gasteiger partial charge in [-0.2, -0.15) is 0 Å². The first-order valence-electron chi connectivity index (χ1n) is 3.48. The van der Waals surface area contributed by atoms with Crippen LogP contribution in [0.15, 0.2) is 18.2 Å². The molecule has 0 spiro atoms. The maximum absolute atomic E-state index is 5.78. The zero-order valence-corrected chi connectivity index (χ0v) is 9.38. The van der Waals surface area contributed by atoms with E-state index in [1.165, 1.54) is 0 Å². The second kappa shape index (κ2) is 7.27. The fraction of sp³-hybridized carbons (Fsp3) is 0.250. The van der Waals surface area contributed by atoms with Crippen LogP contribution < -0.4 is 11.5 Å². The van der Waals surface area contributed by atoms with Gasteiger partial charge in [0.15, 0.2) is 0 Å². The standard InChI is InChI=1S/C8H11ClN2.2ClH/c9-7-5-6(3-4-10)1-2-8(7)11;;/h1-2,5H,3-4,10-11H2;2*1H. The Morgan fingerprint density at radius 2 is 1.85 bits per heavy atom. The van der Waals surface area contributed by atoms with Crippen molar-refractivity contribution in [2.75, 3.05) is 12.3 Å². The van der Waals surface area contributed by atoms with E-state index in [4.69, 9.17) is 23.1 Å². The van der Waals surface area contributed by atoms with Crippen molar-refractivity contribution in [1.82, 2.24) is 0 Å². The molecule has 0 fully saturated rings. The van der Waals surface area contributed by atoms with Crippen LogP contribution in [0.2, 0.25) is 5.02 Å². The van der Waals surface area contributed by atoms with Gasteiger partial charge in [0.2, 0.25) is 0 Å². The topological polar surface area (TPSA) is 52.0 Å². The average molecular weight is 244 g/mol. The van der Waals surface area contributed by atoms with Crippen LogP contribution in [0, 0.1) is 0 Å². The van der Waals surface area contributed by atoms with E-state index in [0.29, 0.717) is 17.3 Å². The molecule has 0 saturated carbocycles. The molecule has 0 amide bonds. The summed E-state index contributed by atoms with van der Waals surface area (Å²) < 4.78 is 0. The third-order valence-corrected chi connectivity index (χ3v) is 1.83. The van der Waals surface area contributed by atoms with E-state index in [-0.39, 0.29) is 24.8 Å². The number of nitrogen functional groups attached to an aromatic ring is 1. The van der Waals surface area contributed by atoms with Crippen molar-refractivity contribution < 1.29 is 0 Å². The molecule has 0 aliphatic heterocycles. The lowest BCUT2D eigenvalue weighted by molar-refractivity contribution is 0.969. The molecule has 0 heterocycles. The zero-order valence-electron chi connectivity index (χ0n) is 7.00. The third kappa shape index (κ3) is 4.58. The lowest BCUT2D eigenvalue weighted by Crippen LogP contribution is -2.02. The van der Waals surface area contributed by atoms with Crippen LogP contribution >= 0.6 is 36.4 Å². The molecule has 5 heteroatoms. The molecule has 1 rings (SSSR count). The molecule has 0 aliphatic carbocycles. The Kier molecular flexibility index (Phi) is 8.57. The second-order valence-electron chi connectivity index (χ2n) is 2.39. The van der Waals surface area contributed by atoms with E-state index in [1.807, 2.05) is 12.1 Å². The molecule has 4 N–H and O–H groups in total. The number of halogens is 3. The summed E-state index contributed by atoms with van der Waals surface area (Å²) in [4.78, 5) is 0. The lowest BCUT2D eigenvalue weighted by atomic mass is 10.1. The summed E-state index contributed by atoms with van der Waals surface area (Å²) in [5.74, 6) is 0. The van der Waals surface area contributed by atoms with Gasteiger partial charge in [0.25, 0.3) is 0 Å². The van der Waals surface area contributed by atoms with Crippen LogP contribution in [-0.2, 0) is 6.42 Å². The van der Waals surface area contributed by atoms with Crippen molar-refractivity contribution in [3.8, 4) is 0 Å². The number of anilines is 1. The molecule has 0 saturated heterocycles. The number of benzene rings is 1. The van der Waals surface area contributed by atoms with E-state index >= 15 is 0 Å². The second-order valence-corrected chi connectivity index (χ2v) is 2.80. The third-order valence-electron chi connectivity index (χ3n) is 1.50. The number of hydrogen-bond donors (Lipinski definition) is 2. The first-order valence-corrected chi connectivity index (χ1v) is 3.86. The molecule has 0 radical (unpaired) electrons. The highest BCUT2D eigenvalue weighted by molar-refractivity contribution is 6.33. The minimum absolute atomic E-state index is 0. The fourth-order valence-electron chi connectivity index (χ4n) is 0.893. The van der Waals surface area contributed by atoms with Crippen LogP contribution in [0.1, 0.15) is 5.56 Å². The van der Waals surface area contributed by atoms with Gasteiger partial charge >= 0.3 is 0 Å². The Balaban J connectivity index is 0. The summed E-state index contributed by atoms with van der Waals surface area (Å²) in [6.07, 6.45) is 0.847. The first kappa shape index (κ1) is 15.3. The lowest BCUT2D eigenvalue weighted by Gasteiger charge is -2.01. The average Bonchev–Trinajstić information content (AvgIpc) is 1.98. The Bertz CT molecular complexity index is 253. The van der Waals surface area contributed by atoms with Crippen LogP contribution in [0.5, 0.6) is 0 Å². The SMILES string of the molecule is Cl.Cl.NCCc1ccc(N)c(Cl)c1. The van der Waals surface area contributed by atoms with Crippen LogP contribution in [0.4, 0.5) is 5.69 Å². The highest BCUT2D eigenvalue weighted by Gasteiger charge is 1.96. The van der Waals surface area contributed by atoms with Gasteiger partial charge in [0.1, 0.15) is 0 Å². The van der Waals surface area contributed by atoms with Crippen molar-refractivity contribution in [1.29, 1.82) is 0 Å². The summed E-state index contributed by atoms with van der Waals surface area (Å²) in [6, 6.07) is 5.59. The molecule has 1 aromatic carbocycles. The summed E-state index contributed by atoms with van der Waals surface area (Å²) >= 11 is 5.78. The maximum Gasteiger partial charge on any atom is 0.0638 e. The quantitative estimate of drug-likeness (QED) is 0.783. The molecule has 0 unspecified atom stereocenters. The highest BCUT2D eigenvalue weighted by Crippen LogP contribution is 2.19. The van der Waals surface area contributed by atoms with Crippen molar-refractivity contribution in [3.63, 3.8) is 0 Å². The normalized spacial score (nSPS) is 8.46. The summed E-state index contributed by atoms with van der Waals surface area (Å²) in [7, 11) is 0. The minimum atomic E-state index is 0. The van der Waals surface area contributed by atoms with Crippen LogP contribution in [0.25, 0.3) is 0 Å². The smallest absolute Gasteiger partial charge is 0.0638 e. The number of nitrogens with two attached hydrogens (primary N) is 2. The molecule has 0 atom stereocenters. The van der Waals surface area contributed by atoms with Gasteiger partial charge in [-0.15, -0.1) is 24.8 Å². The van der Waals surface area contributed by atoms with Crippen molar-refractivity contribution in [2.24, 2.45) is 5.73 Å². The first-order chi connectivity index (χ1) is 5.24. The molecule has 1 aromatic rings. The molecule has 0 bridgehead atoms. The van der Waals surface area contributed by atoms with Crippen LogP contribution in [-0.4, -0.2) is 6.54 Å². The summed E-state index contributed by atoms with van der Waals surface area (Å²) in [6.45, 7) is 0.639. The number of hydrogen-bond acceptors (Lipinski definition) is 2. The van der Waals surface area contributed by atoms with E-state index in [2.05, 4.69) is 0 Å². The monoisotopic (exact) mass is 242 g/mol. The predicted molar refractivity (Wildman–Crippen MR) is 63.1 cm³/mol. The zero-order chi connectivity index (χ0) is 8.27. The molecule has 76 valence electrons. The Morgan fingerprint density at radius 3 is 2.31 bits per heavy atom. The highest BCUT2D eigenvalue weighted by atomic mass is 35.5.